The van der Waals surface area contributed by atoms with Gasteiger partial charge in [0.15, 0.2) is 5.13 Å². The maximum atomic E-state index is 12.2. The van der Waals surface area contributed by atoms with Crippen LogP contribution in [0.3, 0.4) is 0 Å². The van der Waals surface area contributed by atoms with Crippen LogP contribution in [0.1, 0.15) is 23.7 Å². The van der Waals surface area contributed by atoms with Gasteiger partial charge < -0.3 is 5.73 Å². The zero-order chi connectivity index (χ0) is 18.6. The molecule has 3 N–H and O–H groups in total. The number of para-hydroxylation sites is 1. The predicted molar refractivity (Wildman–Crippen MR) is 95.8 cm³/mol. The average molecular weight is 359 g/mol. The fourth-order valence-electron chi connectivity index (χ4n) is 2.20. The van der Waals surface area contributed by atoms with E-state index in [0.29, 0.717) is 10.8 Å². The van der Waals surface area contributed by atoms with Gasteiger partial charge in [-0.05, 0) is 25.0 Å². The van der Waals surface area contributed by atoms with Crippen LogP contribution < -0.4 is 16.1 Å². The van der Waals surface area contributed by atoms with Gasteiger partial charge in [-0.1, -0.05) is 18.2 Å². The second-order valence-electron chi connectivity index (χ2n) is 5.21. The number of aromatic nitrogens is 1. The molecule has 25 heavy (non-hydrogen) atoms. The van der Waals surface area contributed by atoms with Crippen molar-refractivity contribution >= 4 is 46.1 Å². The molecule has 0 aliphatic heterocycles. The van der Waals surface area contributed by atoms with Gasteiger partial charge in [-0.3, -0.25) is 19.3 Å². The van der Waals surface area contributed by atoms with Gasteiger partial charge in [-0.25, -0.2) is 10.4 Å². The molecule has 0 bridgehead atoms. The molecule has 130 valence electrons. The van der Waals surface area contributed by atoms with Crippen molar-refractivity contribution in [2.75, 3.05) is 4.90 Å². The highest BCUT2D eigenvalue weighted by Gasteiger charge is 2.21. The Kier molecular flexibility index (Phi) is 5.60. The molecule has 0 unspecified atom stereocenters. The number of anilines is 2. The summed E-state index contributed by atoms with van der Waals surface area (Å²) in [6.07, 6.45) is 1.27. The Morgan fingerprint density at radius 3 is 2.48 bits per heavy atom. The Morgan fingerprint density at radius 2 is 1.92 bits per heavy atom. The third-order valence-electron chi connectivity index (χ3n) is 3.27. The summed E-state index contributed by atoms with van der Waals surface area (Å²) in [6, 6.07) is 5.77. The number of thiazole rings is 1. The van der Waals surface area contributed by atoms with Crippen LogP contribution in [-0.4, -0.2) is 28.9 Å². The van der Waals surface area contributed by atoms with E-state index in [-0.39, 0.29) is 5.91 Å². The number of hydrogen-bond acceptors (Lipinski definition) is 6. The second kappa shape index (κ2) is 7.67. The van der Waals surface area contributed by atoms with Crippen LogP contribution in [0.4, 0.5) is 10.8 Å². The molecule has 9 heteroatoms. The van der Waals surface area contributed by atoms with Crippen molar-refractivity contribution in [2.24, 2.45) is 10.8 Å². The van der Waals surface area contributed by atoms with Crippen molar-refractivity contribution in [3.63, 3.8) is 0 Å². The standard InChI is InChI=1S/C16H17N5O3S/c1-9-5-4-6-10(2)13(9)21(11(3)22)16-19-12(8-25-16)7-18-20-15(24)14(17)23/h4-8H,1-3H3,(H2,17,23)(H,20,24)/b18-7-. The molecule has 0 spiro atoms. The normalized spacial score (nSPS) is 10.7. The first kappa shape index (κ1) is 18.3. The summed E-state index contributed by atoms with van der Waals surface area (Å²) in [5.74, 6) is -2.32. The minimum absolute atomic E-state index is 0.169. The first-order chi connectivity index (χ1) is 11.8. The molecule has 0 atom stereocenters. The number of hydrogen-bond donors (Lipinski definition) is 2. The molecule has 2 aromatic rings. The Balaban J connectivity index is 2.29. The number of nitrogens with one attached hydrogen (secondary N) is 1. The van der Waals surface area contributed by atoms with Crippen molar-refractivity contribution < 1.29 is 14.4 Å². The van der Waals surface area contributed by atoms with Crippen molar-refractivity contribution in [3.05, 3.63) is 40.4 Å². The summed E-state index contributed by atoms with van der Waals surface area (Å²) in [4.78, 5) is 39.7. The lowest BCUT2D eigenvalue weighted by Crippen LogP contribution is -2.32. The van der Waals surface area contributed by atoms with Crippen LogP contribution in [0.15, 0.2) is 28.7 Å². The highest BCUT2D eigenvalue weighted by Crippen LogP contribution is 2.33. The maximum absolute atomic E-state index is 12.2. The molecule has 0 saturated heterocycles. The minimum Gasteiger partial charge on any atom is -0.361 e. The van der Waals surface area contributed by atoms with Crippen LogP contribution >= 0.6 is 11.3 Å². The molecule has 1 heterocycles. The van der Waals surface area contributed by atoms with E-state index < -0.39 is 11.8 Å². The number of primary amides is 1. The van der Waals surface area contributed by atoms with Crippen molar-refractivity contribution in [1.29, 1.82) is 0 Å². The topological polar surface area (TPSA) is 118 Å². The van der Waals surface area contributed by atoms with E-state index in [0.717, 1.165) is 16.8 Å². The molecule has 8 nitrogen and oxygen atoms in total. The van der Waals surface area contributed by atoms with Crippen LogP contribution in [0.5, 0.6) is 0 Å². The number of nitrogens with two attached hydrogens (primary N) is 1. The number of hydrazone groups is 1. The summed E-state index contributed by atoms with van der Waals surface area (Å²) >= 11 is 1.26. The van der Waals surface area contributed by atoms with E-state index in [1.165, 1.54) is 29.4 Å². The fourth-order valence-corrected chi connectivity index (χ4v) is 3.02. The second-order valence-corrected chi connectivity index (χ2v) is 6.05. The summed E-state index contributed by atoms with van der Waals surface area (Å²) in [7, 11) is 0. The van der Waals surface area contributed by atoms with Crippen LogP contribution in [0, 0.1) is 13.8 Å². The Morgan fingerprint density at radius 1 is 1.28 bits per heavy atom. The summed E-state index contributed by atoms with van der Waals surface area (Å²) in [5, 5.41) is 5.76. The zero-order valence-corrected chi connectivity index (χ0v) is 14.8. The molecule has 1 aromatic carbocycles. The maximum Gasteiger partial charge on any atom is 0.329 e. The summed E-state index contributed by atoms with van der Waals surface area (Å²) in [6.45, 7) is 5.31. The molecule has 0 radical (unpaired) electrons. The van der Waals surface area contributed by atoms with Crippen molar-refractivity contribution in [1.82, 2.24) is 10.4 Å². The number of nitrogens with zero attached hydrogens (tertiary/aromatic N) is 3. The molecule has 0 aliphatic carbocycles. The van der Waals surface area contributed by atoms with E-state index in [2.05, 4.69) is 10.1 Å². The molecule has 0 aliphatic rings. The van der Waals surface area contributed by atoms with Crippen LogP contribution in [0.2, 0.25) is 0 Å². The molecule has 2 rings (SSSR count). The monoisotopic (exact) mass is 359 g/mol. The number of rotatable bonds is 4. The predicted octanol–water partition coefficient (Wildman–Crippen LogP) is 1.38. The smallest absolute Gasteiger partial charge is 0.329 e. The minimum atomic E-state index is -1.13. The first-order valence-corrected chi connectivity index (χ1v) is 8.14. The van der Waals surface area contributed by atoms with Crippen LogP contribution in [0.25, 0.3) is 0 Å². The Hall–Kier alpha value is -3.07. The van der Waals surface area contributed by atoms with E-state index >= 15 is 0 Å². The molecule has 0 saturated carbocycles. The van der Waals surface area contributed by atoms with Crippen LogP contribution in [-0.2, 0) is 14.4 Å². The van der Waals surface area contributed by atoms with Gasteiger partial charge in [0.2, 0.25) is 5.91 Å². The highest BCUT2D eigenvalue weighted by atomic mass is 32.1. The van der Waals surface area contributed by atoms with E-state index in [1.807, 2.05) is 37.5 Å². The fraction of sp³-hybridized carbons (Fsp3) is 0.188. The lowest BCUT2D eigenvalue weighted by molar-refractivity contribution is -0.137. The quantitative estimate of drug-likeness (QED) is 0.487. The lowest BCUT2D eigenvalue weighted by atomic mass is 10.1. The van der Waals surface area contributed by atoms with Gasteiger partial charge in [-0.2, -0.15) is 5.10 Å². The molecule has 3 amide bonds. The average Bonchev–Trinajstić information content (AvgIpc) is 2.98. The molecule has 1 aromatic heterocycles. The Labute approximate surface area is 148 Å². The molecule has 0 fully saturated rings. The largest absolute Gasteiger partial charge is 0.361 e. The van der Waals surface area contributed by atoms with Gasteiger partial charge in [-0.15, -0.1) is 11.3 Å². The number of aryl methyl sites for hydroxylation is 2. The van der Waals surface area contributed by atoms with Gasteiger partial charge in [0.05, 0.1) is 17.6 Å². The number of amides is 3. The van der Waals surface area contributed by atoms with Crippen molar-refractivity contribution in [2.45, 2.75) is 20.8 Å². The third kappa shape index (κ3) is 4.27. The molecular formula is C16H17N5O3S. The Bertz CT molecular complexity index is 839. The summed E-state index contributed by atoms with van der Waals surface area (Å²) in [5.41, 5.74) is 9.91. The van der Waals surface area contributed by atoms with Crippen molar-refractivity contribution in [3.8, 4) is 0 Å². The van der Waals surface area contributed by atoms with Gasteiger partial charge in [0.25, 0.3) is 0 Å². The summed E-state index contributed by atoms with van der Waals surface area (Å²) < 4.78 is 0. The highest BCUT2D eigenvalue weighted by molar-refractivity contribution is 7.14. The van der Waals surface area contributed by atoms with E-state index in [4.69, 9.17) is 5.73 Å². The first-order valence-electron chi connectivity index (χ1n) is 7.26. The molecular weight excluding hydrogens is 342 g/mol. The lowest BCUT2D eigenvalue weighted by Gasteiger charge is -2.22. The number of carbonyl (C=O) groups is 3. The number of carbonyl (C=O) groups excluding carboxylic acids is 3. The van der Waals surface area contributed by atoms with Gasteiger partial charge in [0, 0.05) is 12.3 Å². The van der Waals surface area contributed by atoms with E-state index in [1.54, 1.807) is 5.38 Å². The SMILES string of the molecule is CC(=O)N(c1nc(/C=N\NC(=O)C(N)=O)cs1)c1c(C)cccc1C. The third-order valence-corrected chi connectivity index (χ3v) is 4.11. The van der Waals surface area contributed by atoms with Gasteiger partial charge >= 0.3 is 11.8 Å². The zero-order valence-electron chi connectivity index (χ0n) is 13.9. The number of benzene rings is 1. The van der Waals surface area contributed by atoms with Gasteiger partial charge in [0.1, 0.15) is 0 Å². The van der Waals surface area contributed by atoms with E-state index in [9.17, 15) is 14.4 Å².